The van der Waals surface area contributed by atoms with Crippen LogP contribution in [0.3, 0.4) is 0 Å². The average molecular weight is 442 g/mol. The van der Waals surface area contributed by atoms with Gasteiger partial charge in [0, 0.05) is 57.0 Å². The molecule has 1 saturated heterocycles. The van der Waals surface area contributed by atoms with Crippen LogP contribution in [0.25, 0.3) is 0 Å². The highest BCUT2D eigenvalue weighted by Gasteiger charge is 2.21. The Balaban J connectivity index is 1.15. The number of thiophene rings is 1. The van der Waals surface area contributed by atoms with Gasteiger partial charge >= 0.3 is 0 Å². The molecule has 7 heteroatoms. The van der Waals surface area contributed by atoms with Crippen molar-refractivity contribution >= 4 is 23.2 Å². The van der Waals surface area contributed by atoms with E-state index in [1.165, 1.54) is 16.0 Å². The zero-order valence-corrected chi connectivity index (χ0v) is 18.7. The average Bonchev–Trinajstić information content (AvgIpc) is 3.26. The number of hydrogen-bond donors (Lipinski definition) is 2. The highest BCUT2D eigenvalue weighted by Crippen LogP contribution is 2.24. The molecule has 1 aromatic carbocycles. The summed E-state index contributed by atoms with van der Waals surface area (Å²) >= 11 is 1.76. The lowest BCUT2D eigenvalue weighted by Crippen LogP contribution is -2.36. The van der Waals surface area contributed by atoms with Gasteiger partial charge < -0.3 is 15.3 Å². The molecule has 4 rings (SSSR count). The summed E-state index contributed by atoms with van der Waals surface area (Å²) in [5.74, 6) is -0.0286. The number of nitrogens with one attached hydrogen (secondary N) is 1. The van der Waals surface area contributed by atoms with Crippen molar-refractivity contribution in [1.82, 2.24) is 15.1 Å². The molecule has 0 unspecified atom stereocenters. The molecule has 2 amide bonds. The first-order chi connectivity index (χ1) is 15.1. The van der Waals surface area contributed by atoms with Crippen molar-refractivity contribution in [3.8, 4) is 0 Å². The third-order valence-electron chi connectivity index (χ3n) is 6.20. The van der Waals surface area contributed by atoms with E-state index in [4.69, 9.17) is 0 Å². The monoisotopic (exact) mass is 441 g/mol. The minimum Gasteiger partial charge on any atom is -0.393 e. The number of carbonyl (C=O) groups excluding carboxylic acids is 2. The van der Waals surface area contributed by atoms with Crippen LogP contribution in [-0.2, 0) is 35.6 Å². The lowest BCUT2D eigenvalue weighted by Gasteiger charge is -2.29. The van der Waals surface area contributed by atoms with Crippen molar-refractivity contribution in [1.29, 1.82) is 0 Å². The second-order valence-corrected chi connectivity index (χ2v) is 9.54. The topological polar surface area (TPSA) is 72.9 Å². The van der Waals surface area contributed by atoms with Crippen LogP contribution in [0.4, 0.5) is 0 Å². The second kappa shape index (κ2) is 10.4. The fourth-order valence-electron chi connectivity index (χ4n) is 4.23. The summed E-state index contributed by atoms with van der Waals surface area (Å²) in [5, 5.41) is 14.6. The maximum atomic E-state index is 12.5. The van der Waals surface area contributed by atoms with Crippen LogP contribution in [0.15, 0.2) is 35.7 Å². The van der Waals surface area contributed by atoms with E-state index in [9.17, 15) is 14.7 Å². The molecule has 2 aromatic rings. The zero-order chi connectivity index (χ0) is 21.6. The van der Waals surface area contributed by atoms with Crippen molar-refractivity contribution in [2.24, 2.45) is 0 Å². The van der Waals surface area contributed by atoms with E-state index in [1.54, 1.807) is 11.3 Å². The summed E-state index contributed by atoms with van der Waals surface area (Å²) in [5.41, 5.74) is 3.54. The Morgan fingerprint density at radius 1 is 1.03 bits per heavy atom. The quantitative estimate of drug-likeness (QED) is 0.693. The standard InChI is InChI=1S/C24H31N3O3S/c28-21-7-11-26(12-8-21)16-19-3-1-18(2-4-19)15-25-23(29)5-6-24(30)27-13-9-22-20(17-27)10-14-31-22/h1-4,10,14,21,28H,5-9,11-13,15-17H2,(H,25,29). The molecule has 0 saturated carbocycles. The number of likely N-dealkylation sites (tertiary alicyclic amines) is 1. The van der Waals surface area contributed by atoms with Gasteiger partial charge in [-0.2, -0.15) is 0 Å². The molecular formula is C24H31N3O3S. The fourth-order valence-corrected chi connectivity index (χ4v) is 5.12. The van der Waals surface area contributed by atoms with E-state index in [2.05, 4.69) is 33.8 Å². The number of nitrogens with zero attached hydrogens (tertiary/aromatic N) is 2. The molecule has 1 aromatic heterocycles. The third kappa shape index (κ3) is 6.15. The van der Waals surface area contributed by atoms with Gasteiger partial charge in [-0.25, -0.2) is 0 Å². The first-order valence-corrected chi connectivity index (χ1v) is 12.0. The molecule has 31 heavy (non-hydrogen) atoms. The van der Waals surface area contributed by atoms with E-state index in [1.807, 2.05) is 17.0 Å². The van der Waals surface area contributed by atoms with Gasteiger partial charge in [0.05, 0.1) is 6.10 Å². The molecule has 0 radical (unpaired) electrons. The van der Waals surface area contributed by atoms with Gasteiger partial charge in [0.2, 0.25) is 11.8 Å². The van der Waals surface area contributed by atoms with Gasteiger partial charge in [0.1, 0.15) is 0 Å². The van der Waals surface area contributed by atoms with Crippen molar-refractivity contribution < 1.29 is 14.7 Å². The summed E-state index contributed by atoms with van der Waals surface area (Å²) < 4.78 is 0. The molecule has 0 bridgehead atoms. The normalized spacial score (nSPS) is 17.4. The summed E-state index contributed by atoms with van der Waals surface area (Å²) in [7, 11) is 0. The zero-order valence-electron chi connectivity index (χ0n) is 17.9. The molecule has 2 aliphatic rings. The van der Waals surface area contributed by atoms with Gasteiger partial charge in [-0.15, -0.1) is 11.3 Å². The summed E-state index contributed by atoms with van der Waals surface area (Å²) in [4.78, 5) is 30.3. The van der Waals surface area contributed by atoms with Crippen LogP contribution in [0.5, 0.6) is 0 Å². The smallest absolute Gasteiger partial charge is 0.223 e. The molecular weight excluding hydrogens is 410 g/mol. The Morgan fingerprint density at radius 2 is 1.77 bits per heavy atom. The molecule has 0 spiro atoms. The number of fused-ring (bicyclic) bond motifs is 1. The largest absolute Gasteiger partial charge is 0.393 e. The van der Waals surface area contributed by atoms with Crippen molar-refractivity contribution in [3.63, 3.8) is 0 Å². The molecule has 3 heterocycles. The van der Waals surface area contributed by atoms with Crippen LogP contribution >= 0.6 is 11.3 Å². The van der Waals surface area contributed by atoms with E-state index in [0.717, 1.165) is 51.0 Å². The molecule has 2 N–H and O–H groups in total. The minimum absolute atomic E-state index is 0.0570. The molecule has 6 nitrogen and oxygen atoms in total. The van der Waals surface area contributed by atoms with Gasteiger partial charge in [0.25, 0.3) is 0 Å². The SMILES string of the molecule is O=C(CCC(=O)N1CCc2sccc2C1)NCc1ccc(CN2CCC(O)CC2)cc1. The fraction of sp³-hybridized carbons (Fsp3) is 0.500. The van der Waals surface area contributed by atoms with Crippen LogP contribution in [0.2, 0.25) is 0 Å². The minimum atomic E-state index is -0.147. The molecule has 1 fully saturated rings. The summed E-state index contributed by atoms with van der Waals surface area (Å²) in [6.45, 7) is 4.66. The molecule has 166 valence electrons. The van der Waals surface area contributed by atoms with Gasteiger partial charge in [-0.1, -0.05) is 24.3 Å². The number of amides is 2. The van der Waals surface area contributed by atoms with Crippen LogP contribution < -0.4 is 5.32 Å². The van der Waals surface area contributed by atoms with E-state index >= 15 is 0 Å². The number of carbonyl (C=O) groups is 2. The Kier molecular flexibility index (Phi) is 7.37. The number of piperidine rings is 1. The maximum absolute atomic E-state index is 12.5. The lowest BCUT2D eigenvalue weighted by atomic mass is 10.1. The van der Waals surface area contributed by atoms with Crippen LogP contribution in [0, 0.1) is 0 Å². The first-order valence-electron chi connectivity index (χ1n) is 11.1. The van der Waals surface area contributed by atoms with Crippen molar-refractivity contribution in [2.75, 3.05) is 19.6 Å². The predicted octanol–water partition coefficient (Wildman–Crippen LogP) is 2.69. The number of hydrogen-bond acceptors (Lipinski definition) is 5. The number of rotatable bonds is 7. The lowest BCUT2D eigenvalue weighted by molar-refractivity contribution is -0.134. The van der Waals surface area contributed by atoms with E-state index in [0.29, 0.717) is 13.1 Å². The number of benzene rings is 1. The Labute approximate surface area is 187 Å². The Hall–Kier alpha value is -2.22. The van der Waals surface area contributed by atoms with Gasteiger partial charge in [-0.05, 0) is 47.4 Å². The van der Waals surface area contributed by atoms with Crippen LogP contribution in [-0.4, -0.2) is 52.5 Å². The van der Waals surface area contributed by atoms with Crippen molar-refractivity contribution in [3.05, 3.63) is 57.3 Å². The molecule has 0 atom stereocenters. The van der Waals surface area contributed by atoms with E-state index < -0.39 is 0 Å². The molecule has 0 aliphatic carbocycles. The van der Waals surface area contributed by atoms with E-state index in [-0.39, 0.29) is 30.8 Å². The summed E-state index contributed by atoms with van der Waals surface area (Å²) in [6.07, 6.45) is 2.95. The first kappa shape index (κ1) is 22.0. The maximum Gasteiger partial charge on any atom is 0.223 e. The highest BCUT2D eigenvalue weighted by atomic mass is 32.1. The number of aliphatic hydroxyl groups is 1. The Morgan fingerprint density at radius 3 is 2.55 bits per heavy atom. The molecule has 2 aliphatic heterocycles. The highest BCUT2D eigenvalue weighted by molar-refractivity contribution is 7.10. The third-order valence-corrected chi connectivity index (χ3v) is 7.23. The van der Waals surface area contributed by atoms with Gasteiger partial charge in [0.15, 0.2) is 0 Å². The van der Waals surface area contributed by atoms with Gasteiger partial charge in [-0.3, -0.25) is 14.5 Å². The Bertz CT molecular complexity index is 888. The van der Waals surface area contributed by atoms with Crippen molar-refractivity contribution in [2.45, 2.75) is 57.8 Å². The predicted molar refractivity (Wildman–Crippen MR) is 121 cm³/mol. The number of aliphatic hydroxyl groups excluding tert-OH is 1. The second-order valence-electron chi connectivity index (χ2n) is 8.53. The summed E-state index contributed by atoms with van der Waals surface area (Å²) in [6, 6.07) is 10.4. The van der Waals surface area contributed by atoms with Crippen LogP contribution in [0.1, 0.15) is 47.3 Å².